The summed E-state index contributed by atoms with van der Waals surface area (Å²) >= 11 is 0. The van der Waals surface area contributed by atoms with Crippen molar-refractivity contribution in [1.29, 1.82) is 0 Å². The van der Waals surface area contributed by atoms with Gasteiger partial charge in [0.1, 0.15) is 42.0 Å². The number of carbonyl (C=O) groups excluding carboxylic acids is 11. The van der Waals surface area contributed by atoms with E-state index in [1.54, 1.807) is 81.3 Å². The summed E-state index contributed by atoms with van der Waals surface area (Å²) in [6, 6.07) is 20.2. The summed E-state index contributed by atoms with van der Waals surface area (Å²) < 4.78 is 98.6. The molecule has 40 heteroatoms. The number of carbonyl (C=O) groups is 15. The molecule has 2 heterocycles. The first-order valence-corrected chi connectivity index (χ1v) is 44.2. The van der Waals surface area contributed by atoms with E-state index >= 15 is 19.2 Å². The minimum atomic E-state index is -4.74. The fraction of sp³-hybridized carbons (Fsp3) is 0.571. The minimum Gasteiger partial charge on any atom is -0.507 e. The Hall–Kier alpha value is -11.1. The highest BCUT2D eigenvalue weighted by Gasteiger charge is 2.58. The first kappa shape index (κ1) is 109. The summed E-state index contributed by atoms with van der Waals surface area (Å²) in [6.07, 6.45) is -14.9. The Labute approximate surface area is 760 Å². The number of hydrogen-bond donors (Lipinski definition) is 7. The first-order valence-electron chi connectivity index (χ1n) is 42.7. The number of aryl methyl sites for hydroxylation is 2. The lowest BCUT2D eigenvalue weighted by atomic mass is 9.72. The highest BCUT2D eigenvalue weighted by atomic mass is 32.2. The number of nitrogens with zero attached hydrogens (tertiary/aromatic N) is 3. The van der Waals surface area contributed by atoms with Crippen LogP contribution in [0.1, 0.15) is 126 Å². The van der Waals surface area contributed by atoms with Crippen molar-refractivity contribution in [2.45, 2.75) is 134 Å². The zero-order valence-corrected chi connectivity index (χ0v) is 77.3. The maximum atomic E-state index is 15.6. The molecule has 2 fully saturated rings. The fourth-order valence-corrected chi connectivity index (χ4v) is 17.9. The lowest BCUT2D eigenvalue weighted by Gasteiger charge is -2.37. The molecule has 4 aromatic carbocycles. The number of imide groups is 1. The van der Waals surface area contributed by atoms with Crippen LogP contribution < -0.4 is 19.5 Å². The van der Waals surface area contributed by atoms with E-state index in [0.29, 0.717) is 12.1 Å². The third-order valence-electron chi connectivity index (χ3n) is 23.7. The molecule has 2 saturated heterocycles. The van der Waals surface area contributed by atoms with Crippen LogP contribution >= 0.6 is 0 Å². The van der Waals surface area contributed by atoms with Crippen molar-refractivity contribution in [2.75, 3.05) is 137 Å². The Morgan fingerprint density at radius 2 is 0.977 bits per heavy atom. The highest BCUT2D eigenvalue weighted by molar-refractivity contribution is 7.89. The third kappa shape index (κ3) is 29.2. The maximum Gasteiger partial charge on any atom is 0.320 e. The van der Waals surface area contributed by atoms with Crippen molar-refractivity contribution in [1.82, 2.24) is 24.7 Å². The molecule has 0 aliphatic carbocycles. The first-order chi connectivity index (χ1) is 62.0. The second-order valence-corrected chi connectivity index (χ2v) is 34.4. The average molecular weight is 1860 g/mol. The number of nitrogens with one attached hydrogen (secondary N) is 2. The number of sulfonamides is 1. The molecule has 722 valence electrons. The molecule has 0 bridgehead atoms. The van der Waals surface area contributed by atoms with E-state index in [9.17, 15) is 86.7 Å². The van der Waals surface area contributed by atoms with Crippen LogP contribution in [0.3, 0.4) is 0 Å². The number of aliphatic carboxylic acids is 4. The van der Waals surface area contributed by atoms with Crippen molar-refractivity contribution >= 4 is 98.8 Å². The average Bonchev–Trinajstić information content (AvgIpc) is 1.71. The number of hydrogen-bond acceptors (Lipinski definition) is 32. The molecule has 0 saturated carbocycles. The van der Waals surface area contributed by atoms with Gasteiger partial charge in [-0.2, -0.15) is 0 Å². The lowest BCUT2D eigenvalue weighted by molar-refractivity contribution is -0.172. The second kappa shape index (κ2) is 51.7. The van der Waals surface area contributed by atoms with E-state index in [4.69, 9.17) is 56.8 Å². The molecule has 18 atom stereocenters. The maximum absolute atomic E-state index is 15.6. The number of likely N-dealkylation sites (tertiary alicyclic amines) is 1. The van der Waals surface area contributed by atoms with E-state index in [2.05, 4.69) is 10.0 Å². The van der Waals surface area contributed by atoms with Crippen LogP contribution in [0.15, 0.2) is 89.8 Å². The number of Topliss-reactive ketones (excluding diaryl/α,β-unsaturated/α-hetero) is 2. The summed E-state index contributed by atoms with van der Waals surface area (Å²) in [6.45, 7) is 4.96. The largest absolute Gasteiger partial charge is 0.507 e. The number of carboxylic acids is 4. The van der Waals surface area contributed by atoms with Crippen LogP contribution in [-0.2, 0) is 115 Å². The molecular weight excluding hydrogens is 1740 g/mol. The second-order valence-electron chi connectivity index (χ2n) is 32.7. The molecule has 0 aromatic heterocycles. The molecule has 0 radical (unpaired) electrons. The standard InChI is InChI=1S/C91H123N5O34S/c1-17-65(119-10)76(89(114)128-38-34-93-131(117,118)72-46-56(64(99)48-66(72)120-11)79(100)54-27-23-50(4)24-28-54)59(84(106)107)45-71(125-16)78(90(115)129-40-39-127-55-31-29-53(30-32-55)63(98)47-62(97)52-25-21-49(3)22-26-52)61(86(110)111)44-69(123-14)75-57(81(102)96(82(75)103)37-20-36-95(8)9)41-68(122-13)74(80(101)92-33-19-35-94(6)7)58(83(104)105)42-70(124-15)77(88(113)126-18-2)60(85(108)109)43-67(121-12)73-51(5)87(112)130-91(73)116/h21-32,46,48,51,57-61,65,67-71,73-78,93,99H,17-20,33-45,47H2,1-16H3,(H,92,101)(H,104,105)(H,106,107)(H,108,109)(H,110,111). The van der Waals surface area contributed by atoms with Gasteiger partial charge in [-0.05, 0) is 144 Å². The van der Waals surface area contributed by atoms with Gasteiger partial charge in [0, 0.05) is 85.0 Å². The van der Waals surface area contributed by atoms with Crippen LogP contribution in [0.5, 0.6) is 17.2 Å². The number of methoxy groups -OCH3 is 7. The third-order valence-corrected chi connectivity index (χ3v) is 25.2. The van der Waals surface area contributed by atoms with Gasteiger partial charge in [-0.25, -0.2) is 13.1 Å². The number of ether oxygens (including phenoxy) is 12. The number of ketones is 3. The van der Waals surface area contributed by atoms with E-state index in [1.807, 2.05) is 6.92 Å². The topological polar surface area (TPSA) is 536 Å². The summed E-state index contributed by atoms with van der Waals surface area (Å²) in [5.74, 6) is -41.5. The molecule has 131 heavy (non-hydrogen) atoms. The van der Waals surface area contributed by atoms with Gasteiger partial charge < -0.3 is 97.5 Å². The number of phenolic OH excluding ortho intramolecular Hbond substituents is 1. The van der Waals surface area contributed by atoms with E-state index < -0.39 is 293 Å². The summed E-state index contributed by atoms with van der Waals surface area (Å²) in [4.78, 5) is 217. The molecule has 2 aliphatic heterocycles. The smallest absolute Gasteiger partial charge is 0.320 e. The van der Waals surface area contributed by atoms with Crippen molar-refractivity contribution in [3.63, 3.8) is 0 Å². The number of cyclic esters (lactones) is 2. The molecule has 39 nitrogen and oxygen atoms in total. The van der Waals surface area contributed by atoms with Crippen molar-refractivity contribution in [2.24, 2.45) is 71.0 Å². The van der Waals surface area contributed by atoms with Crippen molar-refractivity contribution < 1.29 is 163 Å². The molecular formula is C91H123N5O34S. The molecule has 7 N–H and O–H groups in total. The van der Waals surface area contributed by atoms with Crippen LogP contribution in [0, 0.1) is 84.9 Å². The van der Waals surface area contributed by atoms with E-state index in [-0.39, 0.29) is 62.4 Å². The molecule has 0 spiro atoms. The quantitative estimate of drug-likeness (QED) is 0.00727. The molecule has 18 unspecified atom stereocenters. The molecule has 4 aromatic rings. The van der Waals surface area contributed by atoms with Crippen LogP contribution in [0.2, 0.25) is 0 Å². The number of phenols is 1. The van der Waals surface area contributed by atoms with Gasteiger partial charge in [0.15, 0.2) is 17.3 Å². The predicted molar refractivity (Wildman–Crippen MR) is 463 cm³/mol. The highest BCUT2D eigenvalue weighted by Crippen LogP contribution is 2.44. The predicted octanol–water partition coefficient (Wildman–Crippen LogP) is 5.39. The fourth-order valence-electron chi connectivity index (χ4n) is 16.7. The van der Waals surface area contributed by atoms with Crippen LogP contribution in [0.4, 0.5) is 0 Å². The SMILES string of the molecule is CCOC(=O)C(C(CC(C(=O)O)C(C(=O)NCCCN(C)C)C(CC1C(=O)N(CCCN(C)C)C(=O)C1C(CC(C(=O)O)C(C(=O)OCCOc1ccc(C(=O)CC(=O)c2ccc(C)cc2)cc1)C(CC(C(=O)O)C(C(=O)OCCNS(=O)(=O)c1cc(C(=O)c2ccc(C)cc2)c(O)cc1OC)C(CC)OC)OC)OC)OC)OC)C(CC(OC)C1C(=O)OC(=O)C1C)C(=O)O. The van der Waals surface area contributed by atoms with Gasteiger partial charge in [0.05, 0.1) is 133 Å². The van der Waals surface area contributed by atoms with Crippen molar-refractivity contribution in [3.05, 3.63) is 118 Å². The summed E-state index contributed by atoms with van der Waals surface area (Å²) in [5.41, 5.74) is 1.84. The number of aromatic hydroxyl groups is 1. The van der Waals surface area contributed by atoms with Crippen LogP contribution in [-0.4, -0.2) is 311 Å². The van der Waals surface area contributed by atoms with Gasteiger partial charge in [-0.1, -0.05) is 73.5 Å². The number of benzene rings is 4. The Morgan fingerprint density at radius 3 is 1.44 bits per heavy atom. The normalized spacial score (nSPS) is 18.4. The Bertz CT molecular complexity index is 4730. The number of carboxylic acid groups (broad SMARTS) is 4. The monoisotopic (exact) mass is 1860 g/mol. The van der Waals surface area contributed by atoms with Gasteiger partial charge in [0.25, 0.3) is 0 Å². The lowest BCUT2D eigenvalue weighted by Crippen LogP contribution is -2.50. The van der Waals surface area contributed by atoms with Gasteiger partial charge in [-0.15, -0.1) is 0 Å². The van der Waals surface area contributed by atoms with Gasteiger partial charge >= 0.3 is 53.7 Å². The Balaban J connectivity index is 1.45. The van der Waals surface area contributed by atoms with Gasteiger partial charge in [-0.3, -0.25) is 76.8 Å². The molecule has 2 aliphatic rings. The molecule has 6 rings (SSSR count). The van der Waals surface area contributed by atoms with E-state index in [0.717, 1.165) is 77.9 Å². The van der Waals surface area contributed by atoms with Gasteiger partial charge in [0.2, 0.25) is 27.7 Å². The zero-order chi connectivity index (χ0) is 97.6. The minimum absolute atomic E-state index is 0.104. The number of amides is 3. The number of esters is 5. The van der Waals surface area contributed by atoms with Crippen molar-refractivity contribution in [3.8, 4) is 17.2 Å². The van der Waals surface area contributed by atoms with E-state index in [1.165, 1.54) is 57.2 Å². The Kier molecular flexibility index (Phi) is 42.9. The molecule has 3 amide bonds. The number of rotatable bonds is 60. The summed E-state index contributed by atoms with van der Waals surface area (Å²) in [5, 5.41) is 59.4. The van der Waals surface area contributed by atoms with Crippen LogP contribution in [0.25, 0.3) is 0 Å². The summed E-state index contributed by atoms with van der Waals surface area (Å²) in [7, 11) is 9.61. The zero-order valence-electron chi connectivity index (χ0n) is 76.5. The Morgan fingerprint density at radius 1 is 0.519 bits per heavy atom.